The van der Waals surface area contributed by atoms with Crippen molar-refractivity contribution in [2.24, 2.45) is 11.8 Å². The number of piperidine rings is 1. The number of nitrogens with zero attached hydrogens (tertiary/aromatic N) is 1. The van der Waals surface area contributed by atoms with Gasteiger partial charge in [0.15, 0.2) is 0 Å². The first-order valence-electron chi connectivity index (χ1n) is 6.50. The van der Waals surface area contributed by atoms with Crippen LogP contribution >= 0.6 is 0 Å². The largest absolute Gasteiger partial charge is 0.481 e. The lowest BCUT2D eigenvalue weighted by Crippen LogP contribution is -2.47. The van der Waals surface area contributed by atoms with Crippen molar-refractivity contribution in [3.8, 4) is 0 Å². The number of hydrogen-bond donors (Lipinski definition) is 2. The molecule has 1 aromatic rings. The summed E-state index contributed by atoms with van der Waals surface area (Å²) in [7, 11) is 0. The van der Waals surface area contributed by atoms with E-state index in [1.807, 2.05) is 6.92 Å². The normalized spacial score (nSPS) is 22.4. The number of anilines is 1. The molecular formula is C14H17FN2O3. The number of nitrogens with one attached hydrogen (secondary N) is 1. The third-order valence-electron chi connectivity index (χ3n) is 3.37. The number of urea groups is 1. The summed E-state index contributed by atoms with van der Waals surface area (Å²) in [5.41, 5.74) is 0.361. The molecule has 0 aromatic heterocycles. The van der Waals surface area contributed by atoms with Gasteiger partial charge >= 0.3 is 12.0 Å². The average Bonchev–Trinajstić information content (AvgIpc) is 2.37. The molecule has 1 heterocycles. The van der Waals surface area contributed by atoms with Crippen LogP contribution in [0.3, 0.4) is 0 Å². The molecule has 108 valence electrons. The van der Waals surface area contributed by atoms with Crippen LogP contribution in [0.2, 0.25) is 0 Å². The van der Waals surface area contributed by atoms with E-state index in [-0.39, 0.29) is 12.5 Å². The summed E-state index contributed by atoms with van der Waals surface area (Å²) in [5, 5.41) is 11.7. The molecule has 1 aromatic carbocycles. The number of carboxylic acids is 1. The number of carbonyl (C=O) groups excluding carboxylic acids is 1. The highest BCUT2D eigenvalue weighted by atomic mass is 19.1. The molecule has 2 amide bonds. The summed E-state index contributed by atoms with van der Waals surface area (Å²) in [6.07, 6.45) is 0.569. The Bertz CT molecular complexity index is 521. The van der Waals surface area contributed by atoms with Crippen LogP contribution < -0.4 is 5.32 Å². The van der Waals surface area contributed by atoms with Crippen LogP contribution in [0.25, 0.3) is 0 Å². The van der Waals surface area contributed by atoms with Crippen LogP contribution in [0.1, 0.15) is 13.3 Å². The molecule has 1 aliphatic heterocycles. The Labute approximate surface area is 116 Å². The molecule has 5 nitrogen and oxygen atoms in total. The fourth-order valence-electron chi connectivity index (χ4n) is 2.47. The van der Waals surface area contributed by atoms with E-state index in [4.69, 9.17) is 5.11 Å². The molecule has 1 fully saturated rings. The zero-order valence-corrected chi connectivity index (χ0v) is 11.2. The van der Waals surface area contributed by atoms with Crippen molar-refractivity contribution in [2.75, 3.05) is 18.4 Å². The third kappa shape index (κ3) is 3.46. The van der Waals surface area contributed by atoms with Gasteiger partial charge in [0.1, 0.15) is 5.82 Å². The Morgan fingerprint density at radius 1 is 1.40 bits per heavy atom. The molecule has 2 rings (SSSR count). The van der Waals surface area contributed by atoms with E-state index in [9.17, 15) is 14.0 Å². The minimum absolute atomic E-state index is 0.128. The summed E-state index contributed by atoms with van der Waals surface area (Å²) < 4.78 is 13.0. The highest BCUT2D eigenvalue weighted by molar-refractivity contribution is 5.89. The van der Waals surface area contributed by atoms with Gasteiger partial charge in [-0.1, -0.05) is 13.0 Å². The van der Waals surface area contributed by atoms with E-state index in [0.29, 0.717) is 18.7 Å². The molecule has 1 saturated heterocycles. The molecule has 1 aliphatic rings. The number of benzene rings is 1. The van der Waals surface area contributed by atoms with E-state index in [2.05, 4.69) is 5.32 Å². The lowest BCUT2D eigenvalue weighted by molar-refractivity contribution is -0.143. The van der Waals surface area contributed by atoms with E-state index in [1.54, 1.807) is 6.07 Å². The fourth-order valence-corrected chi connectivity index (χ4v) is 2.47. The Balaban J connectivity index is 2.03. The van der Waals surface area contributed by atoms with Crippen LogP contribution in [0.5, 0.6) is 0 Å². The smallest absolute Gasteiger partial charge is 0.321 e. The Morgan fingerprint density at radius 3 is 2.80 bits per heavy atom. The van der Waals surface area contributed by atoms with Crippen molar-refractivity contribution in [3.63, 3.8) is 0 Å². The predicted octanol–water partition coefficient (Wildman–Crippen LogP) is 2.40. The predicted molar refractivity (Wildman–Crippen MR) is 71.9 cm³/mol. The summed E-state index contributed by atoms with van der Waals surface area (Å²) in [6.45, 7) is 2.60. The van der Waals surface area contributed by atoms with Crippen LogP contribution in [0, 0.1) is 17.7 Å². The molecule has 0 radical (unpaired) electrons. The first-order chi connectivity index (χ1) is 9.45. The van der Waals surface area contributed by atoms with Crippen LogP contribution in [0.15, 0.2) is 24.3 Å². The Hall–Kier alpha value is -2.11. The number of carboxylic acid groups (broad SMARTS) is 1. The van der Waals surface area contributed by atoms with Crippen LogP contribution in [-0.2, 0) is 4.79 Å². The van der Waals surface area contributed by atoms with Crippen LogP contribution in [0.4, 0.5) is 14.9 Å². The molecule has 2 unspecified atom stereocenters. The molecule has 0 spiro atoms. The second kappa shape index (κ2) is 5.90. The number of hydrogen-bond acceptors (Lipinski definition) is 2. The van der Waals surface area contributed by atoms with E-state index in [1.165, 1.54) is 23.1 Å². The van der Waals surface area contributed by atoms with Crippen LogP contribution in [-0.4, -0.2) is 35.1 Å². The van der Waals surface area contributed by atoms with E-state index < -0.39 is 23.7 Å². The molecule has 0 saturated carbocycles. The molecule has 20 heavy (non-hydrogen) atoms. The van der Waals surface area contributed by atoms with E-state index >= 15 is 0 Å². The number of halogens is 1. The highest BCUT2D eigenvalue weighted by Gasteiger charge is 2.31. The number of rotatable bonds is 2. The van der Waals surface area contributed by atoms with Crippen molar-refractivity contribution in [1.82, 2.24) is 4.90 Å². The topological polar surface area (TPSA) is 69.6 Å². The fraction of sp³-hybridized carbons (Fsp3) is 0.429. The minimum Gasteiger partial charge on any atom is -0.481 e. The highest BCUT2D eigenvalue weighted by Crippen LogP contribution is 2.22. The number of amides is 2. The molecule has 2 N–H and O–H groups in total. The van der Waals surface area contributed by atoms with Crippen molar-refractivity contribution < 1.29 is 19.1 Å². The summed E-state index contributed by atoms with van der Waals surface area (Å²) in [6, 6.07) is 5.21. The Morgan fingerprint density at radius 2 is 2.15 bits per heavy atom. The summed E-state index contributed by atoms with van der Waals surface area (Å²) >= 11 is 0. The Kier molecular flexibility index (Phi) is 4.22. The minimum atomic E-state index is -0.889. The van der Waals surface area contributed by atoms with Gasteiger partial charge < -0.3 is 15.3 Å². The van der Waals surface area contributed by atoms with Crippen molar-refractivity contribution in [3.05, 3.63) is 30.1 Å². The van der Waals surface area contributed by atoms with Gasteiger partial charge in [0.05, 0.1) is 5.92 Å². The van der Waals surface area contributed by atoms with Crippen molar-refractivity contribution >= 4 is 17.7 Å². The van der Waals surface area contributed by atoms with Gasteiger partial charge in [0.2, 0.25) is 0 Å². The zero-order valence-electron chi connectivity index (χ0n) is 11.2. The van der Waals surface area contributed by atoms with Crippen molar-refractivity contribution in [1.29, 1.82) is 0 Å². The van der Waals surface area contributed by atoms with Gasteiger partial charge in [-0.2, -0.15) is 0 Å². The molecular weight excluding hydrogens is 263 g/mol. The second-order valence-electron chi connectivity index (χ2n) is 5.22. The van der Waals surface area contributed by atoms with Gasteiger partial charge in [-0.3, -0.25) is 4.79 Å². The SMILES string of the molecule is CC1CC(C(=O)O)CN(C(=O)Nc2cccc(F)c2)C1. The second-order valence-corrected chi connectivity index (χ2v) is 5.22. The monoisotopic (exact) mass is 280 g/mol. The lowest BCUT2D eigenvalue weighted by atomic mass is 9.91. The van der Waals surface area contributed by atoms with Gasteiger partial charge in [-0.15, -0.1) is 0 Å². The number of carbonyl (C=O) groups is 2. The average molecular weight is 280 g/mol. The lowest BCUT2D eigenvalue weighted by Gasteiger charge is -2.34. The van der Waals surface area contributed by atoms with Gasteiger partial charge in [-0.25, -0.2) is 9.18 Å². The maximum atomic E-state index is 13.0. The van der Waals surface area contributed by atoms with Gasteiger partial charge in [0.25, 0.3) is 0 Å². The number of aliphatic carboxylic acids is 1. The zero-order chi connectivity index (χ0) is 14.7. The quantitative estimate of drug-likeness (QED) is 0.874. The first kappa shape index (κ1) is 14.3. The molecule has 2 atom stereocenters. The maximum Gasteiger partial charge on any atom is 0.321 e. The van der Waals surface area contributed by atoms with Gasteiger partial charge in [-0.05, 0) is 30.5 Å². The van der Waals surface area contributed by atoms with Crippen molar-refractivity contribution in [2.45, 2.75) is 13.3 Å². The molecule has 0 bridgehead atoms. The van der Waals surface area contributed by atoms with Gasteiger partial charge in [0, 0.05) is 18.8 Å². The summed E-state index contributed by atoms with van der Waals surface area (Å²) in [5.74, 6) is -1.74. The first-order valence-corrected chi connectivity index (χ1v) is 6.50. The van der Waals surface area contributed by atoms with E-state index in [0.717, 1.165) is 0 Å². The number of likely N-dealkylation sites (tertiary alicyclic amines) is 1. The summed E-state index contributed by atoms with van der Waals surface area (Å²) in [4.78, 5) is 24.6. The maximum absolute atomic E-state index is 13.0. The molecule has 0 aliphatic carbocycles. The third-order valence-corrected chi connectivity index (χ3v) is 3.37. The standard InChI is InChI=1S/C14H17FN2O3/c1-9-5-10(13(18)19)8-17(7-9)14(20)16-12-4-2-3-11(15)6-12/h2-4,6,9-10H,5,7-8H2,1H3,(H,16,20)(H,18,19). The molecule has 6 heteroatoms.